The van der Waals surface area contributed by atoms with Crippen LogP contribution in [0.25, 0.3) is 87.6 Å². The average molecular weight is 1180 g/mol. The zero-order valence-corrected chi connectivity index (χ0v) is 48.2. The molecular formula is C82H52F6N2. The summed E-state index contributed by atoms with van der Waals surface area (Å²) >= 11 is 0. The molecule has 0 fully saturated rings. The summed E-state index contributed by atoms with van der Waals surface area (Å²) in [6, 6.07) is 79.8. The number of para-hydroxylation sites is 2. The highest BCUT2D eigenvalue weighted by Gasteiger charge is 2.44. The Morgan fingerprint density at radius 2 is 0.778 bits per heavy atom. The van der Waals surface area contributed by atoms with E-state index in [2.05, 4.69) is 66.7 Å². The number of hydrogen-bond acceptors (Lipinski definition) is 2. The molecule has 16 rings (SSSR count). The van der Waals surface area contributed by atoms with Crippen molar-refractivity contribution in [3.63, 3.8) is 0 Å². The second-order valence-electron chi connectivity index (χ2n) is 23.2. The van der Waals surface area contributed by atoms with Crippen molar-refractivity contribution in [2.45, 2.75) is 18.4 Å². The van der Waals surface area contributed by atoms with Crippen LogP contribution in [-0.4, -0.2) is 6.04 Å². The first-order chi connectivity index (χ1) is 43.9. The molecule has 8 heteroatoms. The topological polar surface area (TPSA) is 6.48 Å². The van der Waals surface area contributed by atoms with Gasteiger partial charge in [-0.25, -0.2) is 0 Å². The Kier molecular flexibility index (Phi) is 13.0. The lowest BCUT2D eigenvalue weighted by atomic mass is 9.67. The third-order valence-electron chi connectivity index (χ3n) is 18.3. The van der Waals surface area contributed by atoms with Crippen molar-refractivity contribution in [1.82, 2.24) is 0 Å². The lowest BCUT2D eigenvalue weighted by Gasteiger charge is -2.44. The van der Waals surface area contributed by atoms with E-state index in [1.807, 2.05) is 193 Å². The molecule has 2 unspecified atom stereocenters. The van der Waals surface area contributed by atoms with Crippen molar-refractivity contribution in [3.05, 3.63) is 348 Å². The van der Waals surface area contributed by atoms with Gasteiger partial charge in [0.2, 0.25) is 0 Å². The van der Waals surface area contributed by atoms with Crippen LogP contribution >= 0.6 is 0 Å². The lowest BCUT2D eigenvalue weighted by molar-refractivity contribution is -0.137. The molecule has 0 spiro atoms. The fraction of sp³-hybridized carbons (Fsp3) is 0.0488. The smallest absolute Gasteiger partial charge is 0.329 e. The third kappa shape index (κ3) is 9.12. The summed E-state index contributed by atoms with van der Waals surface area (Å²) in [7, 11) is 0. The molecule has 0 aromatic heterocycles. The Morgan fingerprint density at radius 3 is 1.32 bits per heavy atom. The predicted molar refractivity (Wildman–Crippen MR) is 357 cm³/mol. The quantitative estimate of drug-likeness (QED) is 0.126. The van der Waals surface area contributed by atoms with E-state index in [1.54, 1.807) is 29.2 Å². The molecule has 0 radical (unpaired) electrons. The molecule has 432 valence electrons. The van der Waals surface area contributed by atoms with E-state index in [0.717, 1.165) is 122 Å². The van der Waals surface area contributed by atoms with Gasteiger partial charge in [0.15, 0.2) is 0 Å². The van der Waals surface area contributed by atoms with Gasteiger partial charge in [-0.15, -0.1) is 0 Å². The molecule has 12 aromatic rings. The van der Waals surface area contributed by atoms with Crippen LogP contribution in [0, 0.1) is 5.92 Å². The van der Waals surface area contributed by atoms with Crippen molar-refractivity contribution in [2.75, 3.05) is 9.80 Å². The Morgan fingerprint density at radius 1 is 0.333 bits per heavy atom. The minimum Gasteiger partial charge on any atom is -0.329 e. The van der Waals surface area contributed by atoms with E-state index in [-0.39, 0.29) is 11.4 Å². The van der Waals surface area contributed by atoms with Crippen LogP contribution in [-0.2, 0) is 12.4 Å². The molecule has 4 aliphatic carbocycles. The molecule has 2 atom stereocenters. The Hall–Kier alpha value is -11.0. The maximum atomic E-state index is 15.9. The largest absolute Gasteiger partial charge is 0.418 e. The van der Waals surface area contributed by atoms with Gasteiger partial charge in [-0.2, -0.15) is 26.3 Å². The second-order valence-corrected chi connectivity index (χ2v) is 23.2. The summed E-state index contributed by atoms with van der Waals surface area (Å²) in [4.78, 5) is 3.62. The van der Waals surface area contributed by atoms with E-state index in [4.69, 9.17) is 0 Å². The zero-order chi connectivity index (χ0) is 60.8. The van der Waals surface area contributed by atoms with Gasteiger partial charge in [-0.3, -0.25) is 0 Å². The summed E-state index contributed by atoms with van der Waals surface area (Å²) in [5, 5.41) is 8.01. The number of allylic oxidation sites excluding steroid dienone is 10. The van der Waals surface area contributed by atoms with E-state index >= 15 is 26.3 Å². The highest BCUT2D eigenvalue weighted by Crippen LogP contribution is 2.56. The normalized spacial score (nSPS) is 16.0. The van der Waals surface area contributed by atoms with E-state index in [0.29, 0.717) is 22.6 Å². The monoisotopic (exact) mass is 1180 g/mol. The maximum Gasteiger partial charge on any atom is 0.418 e. The van der Waals surface area contributed by atoms with Crippen LogP contribution in [0.5, 0.6) is 0 Å². The van der Waals surface area contributed by atoms with Crippen LogP contribution in [0.1, 0.15) is 11.1 Å². The van der Waals surface area contributed by atoms with Gasteiger partial charge in [0, 0.05) is 22.7 Å². The van der Waals surface area contributed by atoms with Crippen molar-refractivity contribution >= 4 is 65.8 Å². The van der Waals surface area contributed by atoms with Crippen LogP contribution in [0.15, 0.2) is 337 Å². The number of fused-ring (bicyclic) bond motifs is 4. The molecule has 0 N–H and O–H groups in total. The summed E-state index contributed by atoms with van der Waals surface area (Å²) in [6.45, 7) is 0. The summed E-state index contributed by atoms with van der Waals surface area (Å²) in [5.41, 5.74) is 10.9. The standard InChI is InChI=1S/C82H52F6N2/c83-81(84,85)71-33-9-11-35-77(71)89(75-47-41-57(63-29-13-21-51-17-1-5-25-59(51)63)49-69(75)65-31-15-23-53-19-3-7-27-61(53)65)73-45-39-55-38-44-68-74(46-40-56-37-43-67(73)79(55)80(56)68)90(78-36-12-10-34-72(78)82(86,87)88)76-48-42-58(64-30-14-22-52-18-2-6-26-60(52)64)50-70(76)66-32-16-24-54-20-4-8-28-62(54)66/h1-50,73,80H. The van der Waals surface area contributed by atoms with Crippen LogP contribution in [0.3, 0.4) is 0 Å². The van der Waals surface area contributed by atoms with Crippen LogP contribution in [0.2, 0.25) is 0 Å². The number of halogens is 6. The number of alkyl halides is 6. The number of nitrogens with zero attached hydrogens (tertiary/aromatic N) is 2. The van der Waals surface area contributed by atoms with Gasteiger partial charge in [0.1, 0.15) is 0 Å². The maximum absolute atomic E-state index is 15.9. The molecule has 2 nitrogen and oxygen atoms in total. The molecule has 0 bridgehead atoms. The molecule has 0 saturated heterocycles. The number of hydrogen-bond donors (Lipinski definition) is 0. The predicted octanol–water partition coefficient (Wildman–Crippen LogP) is 23.1. The summed E-state index contributed by atoms with van der Waals surface area (Å²) in [6.07, 6.45) is 6.43. The van der Waals surface area contributed by atoms with E-state index < -0.39 is 35.4 Å². The van der Waals surface area contributed by atoms with Gasteiger partial charge < -0.3 is 9.80 Å². The number of anilines is 4. The molecule has 0 saturated carbocycles. The third-order valence-corrected chi connectivity index (χ3v) is 18.3. The van der Waals surface area contributed by atoms with Crippen molar-refractivity contribution < 1.29 is 26.3 Å². The van der Waals surface area contributed by atoms with Gasteiger partial charge in [0.25, 0.3) is 0 Å². The average Bonchev–Trinajstić information content (AvgIpc) is 0.809. The Labute approximate surface area is 516 Å². The van der Waals surface area contributed by atoms with E-state index in [9.17, 15) is 0 Å². The minimum atomic E-state index is -4.76. The lowest BCUT2D eigenvalue weighted by Crippen LogP contribution is -2.38. The fourth-order valence-electron chi connectivity index (χ4n) is 14.3. The van der Waals surface area contributed by atoms with Gasteiger partial charge >= 0.3 is 12.4 Å². The summed E-state index contributed by atoms with van der Waals surface area (Å²) < 4.78 is 95.6. The molecule has 0 heterocycles. The van der Waals surface area contributed by atoms with Crippen molar-refractivity contribution in [2.24, 2.45) is 5.92 Å². The number of benzene rings is 12. The molecule has 0 aliphatic heterocycles. The van der Waals surface area contributed by atoms with Gasteiger partial charge in [-0.1, -0.05) is 249 Å². The molecular weight excluding hydrogens is 1130 g/mol. The van der Waals surface area contributed by atoms with Crippen LogP contribution in [0.4, 0.5) is 49.1 Å². The molecule has 4 aliphatic rings. The Balaban J connectivity index is 0.910. The zero-order valence-electron chi connectivity index (χ0n) is 48.2. The number of rotatable bonds is 10. The minimum absolute atomic E-state index is 0.0343. The first-order valence-electron chi connectivity index (χ1n) is 30.0. The van der Waals surface area contributed by atoms with Gasteiger partial charge in [-0.05, 0) is 159 Å². The molecule has 12 aromatic carbocycles. The highest BCUT2D eigenvalue weighted by molar-refractivity contribution is 6.06. The Bertz CT molecular complexity index is 5180. The first-order valence-corrected chi connectivity index (χ1v) is 30.0. The van der Waals surface area contributed by atoms with Crippen molar-refractivity contribution in [3.8, 4) is 44.5 Å². The van der Waals surface area contributed by atoms with Crippen LogP contribution < -0.4 is 9.80 Å². The molecule has 90 heavy (non-hydrogen) atoms. The molecule has 0 amide bonds. The van der Waals surface area contributed by atoms with Crippen molar-refractivity contribution in [1.29, 1.82) is 0 Å². The second kappa shape index (κ2) is 21.4. The van der Waals surface area contributed by atoms with Gasteiger partial charge in [0.05, 0.1) is 39.9 Å². The summed E-state index contributed by atoms with van der Waals surface area (Å²) in [5.74, 6) is -0.542. The highest BCUT2D eigenvalue weighted by atomic mass is 19.4. The SMILES string of the molecule is FC(F)(F)c1ccccc1N(C1=C2C=CC3=C4C(=CC=C(C=C1)C24)C(N(c1ccc(-c2cccc4ccccc24)cc1-c1cccc2ccccc12)c1ccccc1C(F)(F)F)C=C3)c1ccc(-c2cccc3ccccc23)cc1-c1cccc2ccccc12. The van der Waals surface area contributed by atoms with E-state index in [1.165, 1.54) is 12.1 Å². The first kappa shape index (κ1) is 54.4. The fourth-order valence-corrected chi connectivity index (χ4v) is 14.3.